The summed E-state index contributed by atoms with van der Waals surface area (Å²) < 4.78 is 47.6. The normalized spacial score (nSPS) is 31.1. The Morgan fingerprint density at radius 1 is 1.15 bits per heavy atom. The van der Waals surface area contributed by atoms with Gasteiger partial charge in [-0.3, -0.25) is 14.3 Å². The van der Waals surface area contributed by atoms with E-state index in [1.54, 1.807) is 32.5 Å². The van der Waals surface area contributed by atoms with Gasteiger partial charge in [-0.05, 0) is 104 Å². The summed E-state index contributed by atoms with van der Waals surface area (Å²) in [5, 5.41) is 0.738. The van der Waals surface area contributed by atoms with Crippen LogP contribution >= 0.6 is 11.6 Å². The summed E-state index contributed by atoms with van der Waals surface area (Å²) in [6.45, 7) is 5.24. The third kappa shape index (κ3) is 7.85. The van der Waals surface area contributed by atoms with Crippen LogP contribution in [0.2, 0.25) is 5.02 Å². The van der Waals surface area contributed by atoms with Crippen molar-refractivity contribution in [2.75, 3.05) is 51.2 Å². The van der Waals surface area contributed by atoms with Crippen molar-refractivity contribution in [1.82, 2.24) is 9.29 Å². The van der Waals surface area contributed by atoms with E-state index >= 15 is 0 Å². The Balaban J connectivity index is 1.16. The summed E-state index contributed by atoms with van der Waals surface area (Å²) in [4.78, 5) is 30.3. The van der Waals surface area contributed by atoms with Crippen molar-refractivity contribution in [2.45, 2.75) is 76.2 Å². The number of benzene rings is 2. The average Bonchev–Trinajstić information content (AvgIpc) is 3.51. The molecular weight excluding hydrogens is 740 g/mol. The number of hydrogen-bond acceptors (Lipinski definition) is 8. The molecule has 0 saturated heterocycles. The number of carbonyl (C=O) groups excluding carboxylic acids is 2. The second-order valence-electron chi connectivity index (χ2n) is 16.2. The van der Waals surface area contributed by atoms with Gasteiger partial charge in [0.05, 0.1) is 55.6 Å². The van der Waals surface area contributed by atoms with E-state index in [2.05, 4.69) is 38.3 Å². The van der Waals surface area contributed by atoms with Gasteiger partial charge in [0.1, 0.15) is 15.7 Å². The van der Waals surface area contributed by atoms with E-state index in [1.165, 1.54) is 11.1 Å². The number of halogens is 1. The predicted octanol–water partition coefficient (Wildman–Crippen LogP) is 6.75. The highest BCUT2D eigenvalue weighted by molar-refractivity contribution is 7.92. The van der Waals surface area contributed by atoms with Gasteiger partial charge < -0.3 is 28.4 Å². The molecule has 8 rings (SSSR count). The first-order chi connectivity index (χ1) is 26.5. The summed E-state index contributed by atoms with van der Waals surface area (Å²) in [5.41, 5.74) is 4.54. The van der Waals surface area contributed by atoms with Gasteiger partial charge in [0.15, 0.2) is 0 Å². The Kier molecular flexibility index (Phi) is 10.9. The Morgan fingerprint density at radius 2 is 2.02 bits per heavy atom. The number of aromatic nitrogens is 1. The lowest BCUT2D eigenvalue weighted by atomic mass is 9.68. The first-order valence-corrected chi connectivity index (χ1v) is 21.5. The molecule has 294 valence electrons. The molecule has 1 N–H and O–H groups in total. The van der Waals surface area contributed by atoms with Crippen molar-refractivity contribution >= 4 is 39.0 Å². The molecule has 7 atom stereocenters. The number of aryl methyl sites for hydroxylation is 1. The van der Waals surface area contributed by atoms with Crippen LogP contribution in [0, 0.1) is 17.8 Å². The van der Waals surface area contributed by atoms with Crippen LogP contribution in [-0.2, 0) is 49.1 Å². The van der Waals surface area contributed by atoms with Gasteiger partial charge in [0, 0.05) is 55.2 Å². The van der Waals surface area contributed by atoms with Gasteiger partial charge in [0.2, 0.25) is 0 Å². The molecule has 13 heteroatoms. The number of amides is 2. The minimum atomic E-state index is -3.57. The van der Waals surface area contributed by atoms with Crippen molar-refractivity contribution in [3.05, 3.63) is 93.8 Å². The minimum Gasteiger partial charge on any atom is -0.490 e. The SMILES string of the molecule is COC[C@@H]1Cn2cc(C(=O)NS3(=O)=NC(=O)c4ccc5c(c4)N(C[C@@H]4CC[C@H]4[C@@H](OC)/C=C/C[C@H](C)C3)C[C@@]3(CCCc4cc(Cl)ccc43)CO5)cc2CO1. The van der Waals surface area contributed by atoms with E-state index < -0.39 is 21.7 Å². The molecule has 1 aromatic heterocycles. The number of hydrogen-bond donors (Lipinski definition) is 1. The van der Waals surface area contributed by atoms with Gasteiger partial charge in [0.25, 0.3) is 11.8 Å². The third-order valence-electron chi connectivity index (χ3n) is 12.2. The Hall–Kier alpha value is -3.68. The van der Waals surface area contributed by atoms with Crippen molar-refractivity contribution in [2.24, 2.45) is 22.1 Å². The molecule has 55 heavy (non-hydrogen) atoms. The van der Waals surface area contributed by atoms with Crippen molar-refractivity contribution < 1.29 is 32.7 Å². The number of rotatable bonds is 5. The summed E-state index contributed by atoms with van der Waals surface area (Å²) in [6.07, 6.45) is 11.4. The molecule has 3 aliphatic heterocycles. The fourth-order valence-corrected chi connectivity index (χ4v) is 11.4. The Labute approximate surface area is 329 Å². The molecule has 1 unspecified atom stereocenters. The Bertz CT molecular complexity index is 2110. The lowest BCUT2D eigenvalue weighted by Gasteiger charge is -2.46. The van der Waals surface area contributed by atoms with Crippen LogP contribution in [0.4, 0.5) is 5.69 Å². The van der Waals surface area contributed by atoms with Crippen LogP contribution in [0.3, 0.4) is 0 Å². The van der Waals surface area contributed by atoms with E-state index in [0.29, 0.717) is 68.0 Å². The van der Waals surface area contributed by atoms with E-state index in [9.17, 15) is 13.8 Å². The highest BCUT2D eigenvalue weighted by Crippen LogP contribution is 2.47. The number of anilines is 1. The van der Waals surface area contributed by atoms with Gasteiger partial charge >= 0.3 is 0 Å². The van der Waals surface area contributed by atoms with E-state index in [0.717, 1.165) is 55.1 Å². The molecule has 3 aromatic rings. The van der Waals surface area contributed by atoms with Crippen LogP contribution in [-0.4, -0.2) is 79.1 Å². The smallest absolute Gasteiger partial charge is 0.286 e. The van der Waals surface area contributed by atoms with Crippen LogP contribution < -0.4 is 14.4 Å². The first-order valence-electron chi connectivity index (χ1n) is 19.5. The van der Waals surface area contributed by atoms with Crippen molar-refractivity contribution in [3.8, 4) is 5.75 Å². The van der Waals surface area contributed by atoms with Gasteiger partial charge in [-0.25, -0.2) is 4.21 Å². The number of nitrogens with one attached hydrogen (secondary N) is 1. The van der Waals surface area contributed by atoms with Gasteiger partial charge in [-0.2, -0.15) is 0 Å². The van der Waals surface area contributed by atoms with Crippen LogP contribution in [0.15, 0.2) is 65.2 Å². The van der Waals surface area contributed by atoms with Gasteiger partial charge in [-0.15, -0.1) is 4.36 Å². The standard InChI is InChI=1S/C42H51ClN4O7S/c1-27-6-4-8-38(52-3)35-12-9-30(35)19-47-25-42(15-5-7-28-16-32(43)11-13-36(28)42)26-54-39-14-10-29(18-37(39)47)40(48)44-55(50,24-27)45-41(49)31-17-33-22-53-34(23-51-2)21-46(33)20-31/h4,8,10-11,13-14,16-18,20,27,30,34-35,38H,5-7,9,12,15,19,21-26H2,1-3H3,(H,44,45,48,49,50)/b8-4+/t27-,30-,34-,35+,38-,42-,55?/m0/s1. The molecule has 2 aromatic carbocycles. The quantitative estimate of drug-likeness (QED) is 0.282. The molecule has 1 saturated carbocycles. The first kappa shape index (κ1) is 38.2. The fourth-order valence-electron chi connectivity index (χ4n) is 9.30. The summed E-state index contributed by atoms with van der Waals surface area (Å²) in [6, 6.07) is 13.3. The second-order valence-corrected chi connectivity index (χ2v) is 18.6. The Morgan fingerprint density at radius 3 is 2.82 bits per heavy atom. The summed E-state index contributed by atoms with van der Waals surface area (Å²) in [7, 11) is -0.177. The number of methoxy groups -OCH3 is 2. The van der Waals surface area contributed by atoms with Crippen molar-refractivity contribution in [3.63, 3.8) is 0 Å². The molecule has 4 heterocycles. The number of carbonyl (C=O) groups is 2. The monoisotopic (exact) mass is 790 g/mol. The summed E-state index contributed by atoms with van der Waals surface area (Å²) in [5.74, 6) is 0.0503. The van der Waals surface area contributed by atoms with Crippen LogP contribution in [0.25, 0.3) is 0 Å². The van der Waals surface area contributed by atoms with Gasteiger partial charge in [-0.1, -0.05) is 36.7 Å². The van der Waals surface area contributed by atoms with E-state index in [1.807, 2.05) is 29.7 Å². The highest BCUT2D eigenvalue weighted by atomic mass is 35.5. The molecular formula is C42H51ClN4O7S. The average molecular weight is 791 g/mol. The number of fused-ring (bicyclic) bond motifs is 5. The molecule has 11 nitrogen and oxygen atoms in total. The molecule has 1 fully saturated rings. The predicted molar refractivity (Wildman–Crippen MR) is 212 cm³/mol. The lowest BCUT2D eigenvalue weighted by molar-refractivity contribution is -0.0382. The maximum absolute atomic E-state index is 14.8. The van der Waals surface area contributed by atoms with E-state index in [4.69, 9.17) is 30.5 Å². The number of allylic oxidation sites excluding steroid dienone is 1. The maximum Gasteiger partial charge on any atom is 0.286 e. The van der Waals surface area contributed by atoms with E-state index in [-0.39, 0.29) is 29.3 Å². The fraction of sp³-hybridized carbons (Fsp3) is 0.524. The number of ether oxygens (including phenoxy) is 4. The van der Waals surface area contributed by atoms with Crippen molar-refractivity contribution in [1.29, 1.82) is 0 Å². The molecule has 2 aliphatic carbocycles. The highest BCUT2D eigenvalue weighted by Gasteiger charge is 2.44. The third-order valence-corrected chi connectivity index (χ3v) is 14.5. The van der Waals surface area contributed by atoms with Crippen LogP contribution in [0.5, 0.6) is 5.75 Å². The zero-order chi connectivity index (χ0) is 38.3. The molecule has 2 amide bonds. The molecule has 5 aliphatic rings. The molecule has 2 bridgehead atoms. The maximum atomic E-state index is 14.8. The molecule has 0 radical (unpaired) electrons. The number of nitrogens with zero attached hydrogens (tertiary/aromatic N) is 3. The molecule has 1 spiro atoms. The zero-order valence-corrected chi connectivity index (χ0v) is 33.4. The minimum absolute atomic E-state index is 0.00274. The largest absolute Gasteiger partial charge is 0.490 e. The zero-order valence-electron chi connectivity index (χ0n) is 31.8. The summed E-state index contributed by atoms with van der Waals surface area (Å²) >= 11 is 6.48. The second kappa shape index (κ2) is 15.7. The topological polar surface area (TPSA) is 121 Å². The lowest BCUT2D eigenvalue weighted by Crippen LogP contribution is -2.49. The van der Waals surface area contributed by atoms with Crippen LogP contribution in [0.1, 0.15) is 76.6 Å².